The van der Waals surface area contributed by atoms with Gasteiger partial charge in [0.15, 0.2) is 5.96 Å². The maximum Gasteiger partial charge on any atom is 0.229 e. The summed E-state index contributed by atoms with van der Waals surface area (Å²) in [5.74, 6) is 1.44. The summed E-state index contributed by atoms with van der Waals surface area (Å²) in [6.07, 6.45) is 4.65. The number of nitrogens with one attached hydrogen (secondary N) is 3. The van der Waals surface area contributed by atoms with E-state index < -0.39 is 10.0 Å². The third kappa shape index (κ3) is 10.8. The lowest BCUT2D eigenvalue weighted by atomic mass is 10.0. The molecule has 3 N–H and O–H groups in total. The molecule has 0 saturated carbocycles. The fourth-order valence-electron chi connectivity index (χ4n) is 2.49. The Kier molecular flexibility index (Phi) is 11.9. The summed E-state index contributed by atoms with van der Waals surface area (Å²) in [6.45, 7) is 7.10. The minimum atomic E-state index is -3.30. The number of hydrogen-bond acceptors (Lipinski definition) is 3. The first-order valence-corrected chi connectivity index (χ1v) is 10.6. The molecule has 6 nitrogen and oxygen atoms in total. The highest BCUT2D eigenvalue weighted by molar-refractivity contribution is 14.0. The molecule has 0 bridgehead atoms. The van der Waals surface area contributed by atoms with Crippen molar-refractivity contribution in [1.29, 1.82) is 0 Å². The Balaban J connectivity index is 0.00000625. The summed E-state index contributed by atoms with van der Waals surface area (Å²) < 4.78 is 25.5. The number of benzene rings is 1. The van der Waals surface area contributed by atoms with Crippen molar-refractivity contribution in [2.75, 3.05) is 18.0 Å². The van der Waals surface area contributed by atoms with Gasteiger partial charge in [-0.2, -0.15) is 0 Å². The first-order chi connectivity index (χ1) is 11.7. The molecule has 1 rings (SSSR count). The average Bonchev–Trinajstić information content (AvgIpc) is 2.50. The van der Waals surface area contributed by atoms with Gasteiger partial charge in [-0.25, -0.2) is 8.42 Å². The zero-order valence-electron chi connectivity index (χ0n) is 16.4. The van der Waals surface area contributed by atoms with Crippen LogP contribution in [0, 0.1) is 5.92 Å². The highest BCUT2D eigenvalue weighted by atomic mass is 127. The van der Waals surface area contributed by atoms with E-state index in [1.54, 1.807) is 19.2 Å². The summed E-state index contributed by atoms with van der Waals surface area (Å²) in [5.41, 5.74) is 1.45. The van der Waals surface area contributed by atoms with Gasteiger partial charge < -0.3 is 10.6 Å². The summed E-state index contributed by atoms with van der Waals surface area (Å²) >= 11 is 0. The van der Waals surface area contributed by atoms with Crippen molar-refractivity contribution in [3.8, 4) is 0 Å². The van der Waals surface area contributed by atoms with Gasteiger partial charge in [-0.05, 0) is 30.9 Å². The van der Waals surface area contributed by atoms with E-state index >= 15 is 0 Å². The first-order valence-electron chi connectivity index (χ1n) is 8.74. The number of halogens is 1. The Morgan fingerprint density at radius 2 is 1.81 bits per heavy atom. The fourth-order valence-corrected chi connectivity index (χ4v) is 3.08. The van der Waals surface area contributed by atoms with Crippen molar-refractivity contribution in [3.63, 3.8) is 0 Å². The van der Waals surface area contributed by atoms with E-state index in [0.29, 0.717) is 24.2 Å². The number of anilines is 1. The molecule has 0 aliphatic carbocycles. The molecule has 0 aliphatic rings. The standard InChI is InChI=1S/C18H32N4O2S.HI/c1-14(2)9-8-10-15(3)21-18(19-4)20-13-16-11-6-7-12-17(16)22-25(5,23)24;/h6-7,11-12,14-15,22H,8-10,13H2,1-5H3,(H2,19,20,21);1H. The summed E-state index contributed by atoms with van der Waals surface area (Å²) in [6, 6.07) is 7.66. The van der Waals surface area contributed by atoms with Crippen molar-refractivity contribution in [2.24, 2.45) is 10.9 Å². The predicted molar refractivity (Wildman–Crippen MR) is 122 cm³/mol. The lowest BCUT2D eigenvalue weighted by molar-refractivity contribution is 0.491. The normalized spacial score (nSPS) is 13.1. The molecule has 0 radical (unpaired) electrons. The molecule has 0 heterocycles. The van der Waals surface area contributed by atoms with E-state index in [1.165, 1.54) is 12.8 Å². The van der Waals surface area contributed by atoms with Crippen molar-refractivity contribution >= 4 is 45.6 Å². The van der Waals surface area contributed by atoms with E-state index in [0.717, 1.165) is 24.2 Å². The van der Waals surface area contributed by atoms with Gasteiger partial charge in [-0.3, -0.25) is 9.71 Å². The SMILES string of the molecule is CN=C(NCc1ccccc1NS(C)(=O)=O)NC(C)CCCC(C)C.I. The molecular weight excluding hydrogens is 463 g/mol. The van der Waals surface area contributed by atoms with Crippen LogP contribution in [0.25, 0.3) is 0 Å². The highest BCUT2D eigenvalue weighted by Gasteiger charge is 2.09. The van der Waals surface area contributed by atoms with E-state index in [-0.39, 0.29) is 24.0 Å². The van der Waals surface area contributed by atoms with Gasteiger partial charge in [0, 0.05) is 19.6 Å². The molecular formula is C18H33IN4O2S. The fraction of sp³-hybridized carbons (Fsp3) is 0.611. The zero-order valence-corrected chi connectivity index (χ0v) is 19.5. The van der Waals surface area contributed by atoms with Gasteiger partial charge in [0.1, 0.15) is 0 Å². The number of nitrogens with zero attached hydrogens (tertiary/aromatic N) is 1. The van der Waals surface area contributed by atoms with Crippen molar-refractivity contribution in [1.82, 2.24) is 10.6 Å². The van der Waals surface area contributed by atoms with Crippen LogP contribution >= 0.6 is 24.0 Å². The first kappa shape index (κ1) is 25.0. The number of guanidine groups is 1. The molecule has 1 aromatic carbocycles. The Bertz CT molecular complexity index is 663. The quantitative estimate of drug-likeness (QED) is 0.278. The second kappa shape index (κ2) is 12.4. The summed E-state index contributed by atoms with van der Waals surface area (Å²) in [7, 11) is -1.57. The Hall–Kier alpha value is -1.03. The number of para-hydroxylation sites is 1. The number of hydrogen-bond donors (Lipinski definition) is 3. The molecule has 1 unspecified atom stereocenters. The van der Waals surface area contributed by atoms with Gasteiger partial charge in [0.25, 0.3) is 0 Å². The molecule has 0 saturated heterocycles. The summed E-state index contributed by atoms with van der Waals surface area (Å²) in [5, 5.41) is 6.62. The largest absolute Gasteiger partial charge is 0.354 e. The van der Waals surface area contributed by atoms with Crippen molar-refractivity contribution in [3.05, 3.63) is 29.8 Å². The maximum absolute atomic E-state index is 11.5. The zero-order chi connectivity index (χ0) is 18.9. The van der Waals surface area contributed by atoms with Gasteiger partial charge in [-0.1, -0.05) is 44.9 Å². The van der Waals surface area contributed by atoms with Gasteiger partial charge in [0.2, 0.25) is 10.0 Å². The van der Waals surface area contributed by atoms with Crippen LogP contribution in [0.3, 0.4) is 0 Å². The smallest absolute Gasteiger partial charge is 0.229 e. The number of aliphatic imine (C=N–C) groups is 1. The molecule has 26 heavy (non-hydrogen) atoms. The lowest BCUT2D eigenvalue weighted by Gasteiger charge is -2.19. The van der Waals surface area contributed by atoms with Crippen LogP contribution in [0.5, 0.6) is 0 Å². The average molecular weight is 496 g/mol. The van der Waals surface area contributed by atoms with Gasteiger partial charge >= 0.3 is 0 Å². The molecule has 0 aromatic heterocycles. The monoisotopic (exact) mass is 496 g/mol. The number of rotatable bonds is 9. The molecule has 150 valence electrons. The summed E-state index contributed by atoms with van der Waals surface area (Å²) in [4.78, 5) is 4.25. The second-order valence-corrected chi connectivity index (χ2v) is 8.58. The van der Waals surface area contributed by atoms with Crippen LogP contribution < -0.4 is 15.4 Å². The van der Waals surface area contributed by atoms with Crippen LogP contribution in [-0.2, 0) is 16.6 Å². The van der Waals surface area contributed by atoms with E-state index in [2.05, 4.69) is 41.1 Å². The second-order valence-electron chi connectivity index (χ2n) is 6.83. The topological polar surface area (TPSA) is 82.6 Å². The molecule has 1 atom stereocenters. The molecule has 0 spiro atoms. The van der Waals surface area contributed by atoms with Crippen LogP contribution in [-0.4, -0.2) is 33.7 Å². The molecule has 0 amide bonds. The lowest BCUT2D eigenvalue weighted by Crippen LogP contribution is -2.41. The third-order valence-electron chi connectivity index (χ3n) is 3.78. The van der Waals surface area contributed by atoms with Crippen LogP contribution in [0.15, 0.2) is 29.3 Å². The minimum Gasteiger partial charge on any atom is -0.354 e. The van der Waals surface area contributed by atoms with E-state index in [9.17, 15) is 8.42 Å². The molecule has 0 aliphatic heterocycles. The Morgan fingerprint density at radius 1 is 1.15 bits per heavy atom. The number of sulfonamides is 1. The maximum atomic E-state index is 11.5. The highest BCUT2D eigenvalue weighted by Crippen LogP contribution is 2.16. The minimum absolute atomic E-state index is 0. The van der Waals surface area contributed by atoms with E-state index in [4.69, 9.17) is 0 Å². The Morgan fingerprint density at radius 3 is 2.38 bits per heavy atom. The van der Waals surface area contributed by atoms with Crippen LogP contribution in [0.1, 0.15) is 45.6 Å². The van der Waals surface area contributed by atoms with E-state index in [1.807, 2.05) is 12.1 Å². The predicted octanol–water partition coefficient (Wildman–Crippen LogP) is 3.56. The molecule has 8 heteroatoms. The molecule has 1 aromatic rings. The third-order valence-corrected chi connectivity index (χ3v) is 4.38. The van der Waals surface area contributed by atoms with Crippen LogP contribution in [0.2, 0.25) is 0 Å². The van der Waals surface area contributed by atoms with Crippen molar-refractivity contribution < 1.29 is 8.42 Å². The Labute approximate surface area is 175 Å². The van der Waals surface area contributed by atoms with Gasteiger partial charge in [0.05, 0.1) is 11.9 Å². The van der Waals surface area contributed by atoms with Crippen LogP contribution in [0.4, 0.5) is 5.69 Å². The van der Waals surface area contributed by atoms with Crippen molar-refractivity contribution in [2.45, 2.75) is 52.6 Å². The molecule has 0 fully saturated rings. The van der Waals surface area contributed by atoms with Gasteiger partial charge in [-0.15, -0.1) is 24.0 Å².